The van der Waals surface area contributed by atoms with Crippen LogP contribution in [0.2, 0.25) is 0 Å². The summed E-state index contributed by atoms with van der Waals surface area (Å²) in [5.41, 5.74) is 0. The first-order valence-corrected chi connectivity index (χ1v) is 7.39. The average Bonchev–Trinajstić information content (AvgIpc) is 2.36. The van der Waals surface area contributed by atoms with E-state index in [0.29, 0.717) is 6.42 Å². The summed E-state index contributed by atoms with van der Waals surface area (Å²) in [4.78, 5) is 12.8. The number of hydrogen-bond donors (Lipinski definition) is 2. The first-order valence-electron chi connectivity index (χ1n) is 6.40. The van der Waals surface area contributed by atoms with Gasteiger partial charge < -0.3 is 10.6 Å². The Bertz CT molecular complexity index is 343. The molecule has 100 valence electrons. The maximum Gasteiger partial charge on any atom is 0.221 e. The minimum absolute atomic E-state index is 0.122. The van der Waals surface area contributed by atoms with Crippen molar-refractivity contribution in [2.24, 2.45) is 0 Å². The summed E-state index contributed by atoms with van der Waals surface area (Å²) in [6.07, 6.45) is 0.545. The number of amides is 1. The van der Waals surface area contributed by atoms with Crippen LogP contribution in [-0.2, 0) is 4.79 Å². The van der Waals surface area contributed by atoms with Crippen LogP contribution in [0.5, 0.6) is 0 Å². The molecule has 2 N–H and O–H groups in total. The number of carbonyl (C=O) groups excluding carboxylic acids is 1. The maximum absolute atomic E-state index is 11.6. The first-order chi connectivity index (χ1) is 8.72. The zero-order valence-electron chi connectivity index (χ0n) is 11.1. The molecule has 1 atom stereocenters. The molecule has 1 rings (SSSR count). The molecule has 18 heavy (non-hydrogen) atoms. The Hall–Kier alpha value is -1.00. The van der Waals surface area contributed by atoms with Crippen LogP contribution in [-0.4, -0.2) is 30.8 Å². The summed E-state index contributed by atoms with van der Waals surface area (Å²) in [6.45, 7) is 5.70. The number of benzene rings is 1. The molecule has 0 heterocycles. The minimum Gasteiger partial charge on any atom is -0.355 e. The first kappa shape index (κ1) is 15.1. The zero-order valence-corrected chi connectivity index (χ0v) is 11.9. The molecule has 0 aliphatic rings. The van der Waals surface area contributed by atoms with Gasteiger partial charge in [0, 0.05) is 29.7 Å². The van der Waals surface area contributed by atoms with E-state index >= 15 is 0 Å². The maximum atomic E-state index is 11.6. The molecular formula is C14H22N2OS. The van der Waals surface area contributed by atoms with E-state index in [1.165, 1.54) is 4.90 Å². The molecule has 0 radical (unpaired) electrons. The third-order valence-corrected chi connectivity index (χ3v) is 3.49. The highest BCUT2D eigenvalue weighted by Crippen LogP contribution is 2.15. The Kier molecular flexibility index (Phi) is 7.53. The highest BCUT2D eigenvalue weighted by atomic mass is 32.2. The number of thioether (sulfide) groups is 1. The number of nitrogens with one attached hydrogen (secondary N) is 2. The quantitative estimate of drug-likeness (QED) is 0.560. The van der Waals surface area contributed by atoms with Gasteiger partial charge in [-0.1, -0.05) is 25.1 Å². The SMILES string of the molecule is CCNC(C)CC(=O)NCCSc1ccccc1. The molecule has 1 unspecified atom stereocenters. The van der Waals surface area contributed by atoms with Crippen LogP contribution in [0.25, 0.3) is 0 Å². The normalized spacial score (nSPS) is 12.1. The van der Waals surface area contributed by atoms with Gasteiger partial charge in [0.2, 0.25) is 5.91 Å². The molecule has 0 aliphatic heterocycles. The summed E-state index contributed by atoms with van der Waals surface area (Å²) in [5.74, 6) is 1.03. The van der Waals surface area contributed by atoms with Crippen LogP contribution >= 0.6 is 11.8 Å². The highest BCUT2D eigenvalue weighted by molar-refractivity contribution is 7.99. The third-order valence-electron chi connectivity index (χ3n) is 2.48. The smallest absolute Gasteiger partial charge is 0.221 e. The van der Waals surface area contributed by atoms with Crippen LogP contribution in [0.1, 0.15) is 20.3 Å². The lowest BCUT2D eigenvalue weighted by atomic mass is 10.2. The molecule has 0 fully saturated rings. The van der Waals surface area contributed by atoms with E-state index in [1.54, 1.807) is 11.8 Å². The summed E-state index contributed by atoms with van der Waals surface area (Å²) in [7, 11) is 0. The van der Waals surface area contributed by atoms with E-state index in [4.69, 9.17) is 0 Å². The van der Waals surface area contributed by atoms with Crippen molar-refractivity contribution in [1.29, 1.82) is 0 Å². The van der Waals surface area contributed by atoms with Crippen molar-refractivity contribution in [3.05, 3.63) is 30.3 Å². The van der Waals surface area contributed by atoms with E-state index < -0.39 is 0 Å². The fourth-order valence-electron chi connectivity index (χ4n) is 1.65. The second kappa shape index (κ2) is 9.00. The molecule has 1 aromatic carbocycles. The summed E-state index contributed by atoms with van der Waals surface area (Å²) in [5, 5.41) is 6.17. The van der Waals surface area contributed by atoms with Crippen LogP contribution in [0.3, 0.4) is 0 Å². The van der Waals surface area contributed by atoms with Gasteiger partial charge in [0.25, 0.3) is 0 Å². The molecule has 0 aliphatic carbocycles. The third kappa shape index (κ3) is 6.67. The van der Waals surface area contributed by atoms with E-state index in [-0.39, 0.29) is 11.9 Å². The Labute approximate surface area is 114 Å². The fourth-order valence-corrected chi connectivity index (χ4v) is 2.44. The fraction of sp³-hybridized carbons (Fsp3) is 0.500. The predicted octanol–water partition coefficient (Wildman–Crippen LogP) is 2.28. The summed E-state index contributed by atoms with van der Waals surface area (Å²) < 4.78 is 0. The molecule has 0 saturated heterocycles. The lowest BCUT2D eigenvalue weighted by Gasteiger charge is -2.11. The van der Waals surface area contributed by atoms with E-state index in [1.807, 2.05) is 32.0 Å². The predicted molar refractivity (Wildman–Crippen MR) is 77.9 cm³/mol. The van der Waals surface area contributed by atoms with Gasteiger partial charge >= 0.3 is 0 Å². The second-order valence-corrected chi connectivity index (χ2v) is 5.34. The molecule has 4 heteroatoms. The highest BCUT2D eigenvalue weighted by Gasteiger charge is 2.06. The van der Waals surface area contributed by atoms with Crippen molar-refractivity contribution in [1.82, 2.24) is 10.6 Å². The van der Waals surface area contributed by atoms with Gasteiger partial charge in [0.05, 0.1) is 0 Å². The molecule has 3 nitrogen and oxygen atoms in total. The van der Waals surface area contributed by atoms with Crippen LogP contribution in [0.15, 0.2) is 35.2 Å². The number of rotatable bonds is 8. The largest absolute Gasteiger partial charge is 0.355 e. The minimum atomic E-state index is 0.122. The zero-order chi connectivity index (χ0) is 13.2. The molecule has 1 aromatic rings. The number of carbonyl (C=O) groups is 1. The number of hydrogen-bond acceptors (Lipinski definition) is 3. The standard InChI is InChI=1S/C14H22N2OS/c1-3-15-12(2)11-14(17)16-9-10-18-13-7-5-4-6-8-13/h4-8,12,15H,3,9-11H2,1-2H3,(H,16,17). The second-order valence-electron chi connectivity index (χ2n) is 4.17. The molecule has 0 bridgehead atoms. The lowest BCUT2D eigenvalue weighted by molar-refractivity contribution is -0.121. The van der Waals surface area contributed by atoms with Gasteiger partial charge in [-0.3, -0.25) is 4.79 Å². The Morgan fingerprint density at radius 1 is 1.33 bits per heavy atom. The van der Waals surface area contributed by atoms with Crippen molar-refractivity contribution < 1.29 is 4.79 Å². The molecular weight excluding hydrogens is 244 g/mol. The van der Waals surface area contributed by atoms with Crippen molar-refractivity contribution in [3.8, 4) is 0 Å². The van der Waals surface area contributed by atoms with Crippen LogP contribution < -0.4 is 10.6 Å². The van der Waals surface area contributed by atoms with Crippen molar-refractivity contribution in [3.63, 3.8) is 0 Å². The monoisotopic (exact) mass is 266 g/mol. The van der Waals surface area contributed by atoms with Crippen molar-refractivity contribution in [2.45, 2.75) is 31.2 Å². The lowest BCUT2D eigenvalue weighted by Crippen LogP contribution is -2.34. The molecule has 1 amide bonds. The molecule has 0 aromatic heterocycles. The topological polar surface area (TPSA) is 41.1 Å². The van der Waals surface area contributed by atoms with Gasteiger partial charge in [0.1, 0.15) is 0 Å². The molecule has 0 spiro atoms. The van der Waals surface area contributed by atoms with Gasteiger partial charge in [-0.2, -0.15) is 0 Å². The van der Waals surface area contributed by atoms with E-state index in [9.17, 15) is 4.79 Å². The Morgan fingerprint density at radius 2 is 2.06 bits per heavy atom. The molecule has 0 saturated carbocycles. The summed E-state index contributed by atoms with van der Waals surface area (Å²) >= 11 is 1.76. The summed E-state index contributed by atoms with van der Waals surface area (Å²) in [6, 6.07) is 10.5. The van der Waals surface area contributed by atoms with Gasteiger partial charge in [-0.25, -0.2) is 0 Å². The van der Waals surface area contributed by atoms with Gasteiger partial charge in [0.15, 0.2) is 0 Å². The van der Waals surface area contributed by atoms with Gasteiger partial charge in [-0.15, -0.1) is 11.8 Å². The van der Waals surface area contributed by atoms with E-state index in [2.05, 4.69) is 22.8 Å². The van der Waals surface area contributed by atoms with Crippen LogP contribution in [0.4, 0.5) is 0 Å². The van der Waals surface area contributed by atoms with E-state index in [0.717, 1.165) is 18.8 Å². The van der Waals surface area contributed by atoms with Crippen LogP contribution in [0, 0.1) is 0 Å². The Morgan fingerprint density at radius 3 is 2.72 bits per heavy atom. The van der Waals surface area contributed by atoms with Crippen molar-refractivity contribution >= 4 is 17.7 Å². The average molecular weight is 266 g/mol. The Balaban J connectivity index is 2.09. The van der Waals surface area contributed by atoms with Crippen molar-refractivity contribution in [2.75, 3.05) is 18.8 Å². The van der Waals surface area contributed by atoms with Gasteiger partial charge in [-0.05, 0) is 25.6 Å².